The van der Waals surface area contributed by atoms with Gasteiger partial charge in [0.1, 0.15) is 0 Å². The Hall–Kier alpha value is -1.01. The van der Waals surface area contributed by atoms with Crippen LogP contribution in [0.15, 0.2) is 0 Å². The fraction of sp³-hybridized carbons (Fsp3) is 0.824. The van der Waals surface area contributed by atoms with Gasteiger partial charge in [0.2, 0.25) is 0 Å². The zero-order valence-electron chi connectivity index (χ0n) is 12.0. The topological polar surface area (TPSA) is 41.1 Å². The number of hydrogen-bond acceptors (Lipinski definition) is 2. The normalized spacial score (nSPS) is 45.0. The van der Waals surface area contributed by atoms with Crippen LogP contribution in [0.5, 0.6) is 0 Å². The zero-order valence-corrected chi connectivity index (χ0v) is 12.0. The molecule has 0 spiro atoms. The molecule has 5 rings (SSSR count). The highest BCUT2D eigenvalue weighted by molar-refractivity contribution is 5.93. The van der Waals surface area contributed by atoms with Crippen LogP contribution in [0.25, 0.3) is 0 Å². The highest BCUT2D eigenvalue weighted by Gasteiger charge is 2.47. The Morgan fingerprint density at radius 1 is 1.05 bits per heavy atom. The van der Waals surface area contributed by atoms with Gasteiger partial charge >= 0.3 is 0 Å². The van der Waals surface area contributed by atoms with E-state index < -0.39 is 0 Å². The van der Waals surface area contributed by atoms with Crippen LogP contribution in [-0.2, 0) is 4.79 Å². The molecule has 3 heteroatoms. The van der Waals surface area contributed by atoms with E-state index in [2.05, 4.69) is 22.5 Å². The lowest BCUT2D eigenvalue weighted by Crippen LogP contribution is -2.44. The van der Waals surface area contributed by atoms with Crippen molar-refractivity contribution >= 4 is 5.91 Å². The molecule has 20 heavy (non-hydrogen) atoms. The van der Waals surface area contributed by atoms with Crippen LogP contribution < -0.4 is 10.6 Å². The van der Waals surface area contributed by atoms with Gasteiger partial charge < -0.3 is 10.6 Å². The minimum atomic E-state index is -0.0625. The van der Waals surface area contributed by atoms with E-state index in [-0.39, 0.29) is 11.9 Å². The third-order valence-corrected chi connectivity index (χ3v) is 5.97. The molecule has 0 aromatic heterocycles. The molecule has 4 bridgehead atoms. The molecule has 2 N–H and O–H groups in total. The van der Waals surface area contributed by atoms with Gasteiger partial charge in [-0.2, -0.15) is 0 Å². The summed E-state index contributed by atoms with van der Waals surface area (Å²) in [5.41, 5.74) is 0. The molecule has 3 nitrogen and oxygen atoms in total. The first-order valence-corrected chi connectivity index (χ1v) is 8.30. The molecule has 108 valence electrons. The molecule has 1 saturated heterocycles. The van der Waals surface area contributed by atoms with Gasteiger partial charge in [0.15, 0.2) is 0 Å². The molecular weight excluding hydrogens is 248 g/mol. The predicted molar refractivity (Wildman–Crippen MR) is 77.7 cm³/mol. The van der Waals surface area contributed by atoms with E-state index in [9.17, 15) is 4.79 Å². The van der Waals surface area contributed by atoms with Crippen LogP contribution in [0.2, 0.25) is 0 Å². The summed E-state index contributed by atoms with van der Waals surface area (Å²) in [7, 11) is 0. The number of hydrogen-bond donors (Lipinski definition) is 2. The van der Waals surface area contributed by atoms with Gasteiger partial charge in [0.25, 0.3) is 5.91 Å². The lowest BCUT2D eigenvalue weighted by atomic mass is 9.52. The second kappa shape index (κ2) is 5.07. The van der Waals surface area contributed by atoms with Crippen molar-refractivity contribution in [3.8, 4) is 11.8 Å². The van der Waals surface area contributed by atoms with Crippen LogP contribution in [0.3, 0.4) is 0 Å². The van der Waals surface area contributed by atoms with Crippen molar-refractivity contribution in [1.82, 2.24) is 10.6 Å². The number of nitrogens with one attached hydrogen (secondary N) is 2. The van der Waals surface area contributed by atoms with Crippen molar-refractivity contribution in [3.05, 3.63) is 0 Å². The minimum Gasteiger partial charge on any atom is -0.341 e. The summed E-state index contributed by atoms with van der Waals surface area (Å²) in [6, 6.07) is 0.287. The smallest absolute Gasteiger partial charge is 0.296 e. The lowest BCUT2D eigenvalue weighted by molar-refractivity contribution is -0.116. The SMILES string of the molecule is O=C(C#CC1C2CC3CC(C2)CC1C3)NC1CCNC1. The van der Waals surface area contributed by atoms with Gasteiger partial charge in [-0.05, 0) is 74.7 Å². The summed E-state index contributed by atoms with van der Waals surface area (Å²) in [6.07, 6.45) is 8.01. The van der Waals surface area contributed by atoms with Crippen LogP contribution in [-0.4, -0.2) is 25.0 Å². The Morgan fingerprint density at radius 3 is 2.35 bits per heavy atom. The second-order valence-corrected chi connectivity index (χ2v) is 7.39. The fourth-order valence-electron chi connectivity index (χ4n) is 5.31. The average molecular weight is 272 g/mol. The Balaban J connectivity index is 1.39. The van der Waals surface area contributed by atoms with E-state index >= 15 is 0 Å². The largest absolute Gasteiger partial charge is 0.341 e. The molecular formula is C17H24N2O. The van der Waals surface area contributed by atoms with Gasteiger partial charge in [-0.1, -0.05) is 5.92 Å². The third kappa shape index (κ3) is 2.35. The van der Waals surface area contributed by atoms with Crippen molar-refractivity contribution in [3.63, 3.8) is 0 Å². The van der Waals surface area contributed by atoms with Crippen molar-refractivity contribution in [2.45, 2.75) is 44.6 Å². The highest BCUT2D eigenvalue weighted by Crippen LogP contribution is 2.56. The zero-order chi connectivity index (χ0) is 13.5. The Morgan fingerprint density at radius 2 is 1.75 bits per heavy atom. The highest BCUT2D eigenvalue weighted by atomic mass is 16.1. The fourth-order valence-corrected chi connectivity index (χ4v) is 5.31. The maximum absolute atomic E-state index is 11.9. The van der Waals surface area contributed by atoms with E-state index in [1.165, 1.54) is 32.1 Å². The van der Waals surface area contributed by atoms with Crippen LogP contribution >= 0.6 is 0 Å². The standard InChI is InChI=1S/C17H24N2O/c20-17(19-15-3-4-18-10-15)2-1-16-13-6-11-5-12(8-13)9-14(16)7-11/h11-16,18H,3-10H2,(H,19,20). The van der Waals surface area contributed by atoms with Gasteiger partial charge in [-0.25, -0.2) is 0 Å². The molecule has 0 aromatic rings. The Labute approximate surface area is 121 Å². The van der Waals surface area contributed by atoms with Crippen molar-refractivity contribution in [2.24, 2.45) is 29.6 Å². The van der Waals surface area contributed by atoms with Gasteiger partial charge in [0, 0.05) is 18.5 Å². The third-order valence-electron chi connectivity index (χ3n) is 5.97. The van der Waals surface area contributed by atoms with Gasteiger partial charge in [-0.3, -0.25) is 4.79 Å². The molecule has 1 amide bonds. The summed E-state index contributed by atoms with van der Waals surface area (Å²) in [5.74, 6) is 10.3. The quantitative estimate of drug-likeness (QED) is 0.711. The van der Waals surface area contributed by atoms with Crippen molar-refractivity contribution in [2.75, 3.05) is 13.1 Å². The van der Waals surface area contributed by atoms with Crippen molar-refractivity contribution in [1.29, 1.82) is 0 Å². The number of carbonyl (C=O) groups is 1. The number of amides is 1. The summed E-state index contributed by atoms with van der Waals surface area (Å²) in [4.78, 5) is 11.9. The molecule has 1 unspecified atom stereocenters. The van der Waals surface area contributed by atoms with E-state index in [0.29, 0.717) is 5.92 Å². The molecule has 5 aliphatic rings. The molecule has 1 heterocycles. The van der Waals surface area contributed by atoms with Gasteiger partial charge in [-0.15, -0.1) is 0 Å². The van der Waals surface area contributed by atoms with E-state index in [1.54, 1.807) is 0 Å². The molecule has 4 saturated carbocycles. The van der Waals surface area contributed by atoms with E-state index in [0.717, 1.165) is 43.2 Å². The monoisotopic (exact) mass is 272 g/mol. The van der Waals surface area contributed by atoms with E-state index in [1.807, 2.05) is 0 Å². The second-order valence-electron chi connectivity index (χ2n) is 7.39. The first-order chi connectivity index (χ1) is 9.78. The van der Waals surface area contributed by atoms with Crippen LogP contribution in [0.4, 0.5) is 0 Å². The first-order valence-electron chi connectivity index (χ1n) is 8.30. The molecule has 1 aliphatic heterocycles. The summed E-state index contributed by atoms with van der Waals surface area (Å²) in [6.45, 7) is 1.90. The van der Waals surface area contributed by atoms with E-state index in [4.69, 9.17) is 0 Å². The summed E-state index contributed by atoms with van der Waals surface area (Å²) < 4.78 is 0. The molecule has 1 atom stereocenters. The molecule has 0 radical (unpaired) electrons. The molecule has 5 fully saturated rings. The van der Waals surface area contributed by atoms with Gasteiger partial charge in [0.05, 0.1) is 0 Å². The predicted octanol–water partition coefficient (Wildman–Crippen LogP) is 1.54. The maximum atomic E-state index is 11.9. The van der Waals surface area contributed by atoms with Crippen molar-refractivity contribution < 1.29 is 4.79 Å². The summed E-state index contributed by atoms with van der Waals surface area (Å²) >= 11 is 0. The summed E-state index contributed by atoms with van der Waals surface area (Å²) in [5, 5.41) is 6.29. The Bertz CT molecular complexity index is 427. The number of carbonyl (C=O) groups excluding carboxylic acids is 1. The Kier molecular flexibility index (Phi) is 3.22. The molecule has 0 aromatic carbocycles. The average Bonchev–Trinajstić information content (AvgIpc) is 2.90. The molecule has 4 aliphatic carbocycles. The van der Waals surface area contributed by atoms with Crippen LogP contribution in [0, 0.1) is 41.4 Å². The first kappa shape index (κ1) is 12.7. The maximum Gasteiger partial charge on any atom is 0.296 e. The minimum absolute atomic E-state index is 0.0625. The lowest BCUT2D eigenvalue weighted by Gasteiger charge is -2.52. The number of rotatable bonds is 1. The van der Waals surface area contributed by atoms with Crippen LogP contribution in [0.1, 0.15) is 38.5 Å².